The predicted octanol–water partition coefficient (Wildman–Crippen LogP) is 3.06. The van der Waals surface area contributed by atoms with E-state index in [1.807, 2.05) is 43.3 Å². The molecule has 8 heteroatoms. The fourth-order valence-corrected chi connectivity index (χ4v) is 5.59. The van der Waals surface area contributed by atoms with Crippen molar-refractivity contribution in [1.29, 1.82) is 0 Å². The van der Waals surface area contributed by atoms with Gasteiger partial charge in [0.05, 0.1) is 19.0 Å². The summed E-state index contributed by atoms with van der Waals surface area (Å²) >= 11 is 0. The molecule has 3 aromatic carbocycles. The third-order valence-corrected chi connectivity index (χ3v) is 7.73. The molecule has 40 heavy (non-hydrogen) atoms. The molecule has 0 saturated carbocycles. The Balaban J connectivity index is 1.19. The highest BCUT2D eigenvalue weighted by molar-refractivity contribution is 5.97. The fraction of sp³-hybridized carbons (Fsp3) is 0.344. The number of hydrogen-bond acceptors (Lipinski definition) is 5. The van der Waals surface area contributed by atoms with Crippen molar-refractivity contribution in [3.05, 3.63) is 102 Å². The number of aryl methyl sites for hydroxylation is 1. The molecule has 2 saturated heterocycles. The minimum absolute atomic E-state index is 0.0743. The number of carbonyl (C=O) groups is 3. The summed E-state index contributed by atoms with van der Waals surface area (Å²) < 4.78 is 0. The first-order valence-electron chi connectivity index (χ1n) is 14.0. The van der Waals surface area contributed by atoms with Gasteiger partial charge >= 0.3 is 0 Å². The number of hydrogen-bond donors (Lipinski definition) is 2. The van der Waals surface area contributed by atoms with E-state index in [4.69, 9.17) is 0 Å². The van der Waals surface area contributed by atoms with Crippen molar-refractivity contribution in [2.45, 2.75) is 25.4 Å². The van der Waals surface area contributed by atoms with Gasteiger partial charge in [-0.3, -0.25) is 24.2 Å². The summed E-state index contributed by atoms with van der Waals surface area (Å²) in [7, 11) is 0. The van der Waals surface area contributed by atoms with E-state index in [0.717, 1.165) is 31.7 Å². The van der Waals surface area contributed by atoms with Crippen molar-refractivity contribution in [1.82, 2.24) is 20.0 Å². The first-order chi connectivity index (χ1) is 19.5. The van der Waals surface area contributed by atoms with Crippen molar-refractivity contribution in [2.75, 3.05) is 51.1 Å². The molecule has 2 aliphatic heterocycles. The van der Waals surface area contributed by atoms with Gasteiger partial charge in [0.1, 0.15) is 6.04 Å². The molecule has 0 aromatic heterocycles. The quantitative estimate of drug-likeness (QED) is 0.460. The zero-order valence-electron chi connectivity index (χ0n) is 23.0. The Morgan fingerprint density at radius 2 is 1.45 bits per heavy atom. The second-order valence-corrected chi connectivity index (χ2v) is 10.5. The monoisotopic (exact) mass is 539 g/mol. The summed E-state index contributed by atoms with van der Waals surface area (Å²) in [5, 5.41) is 5.66. The molecule has 208 valence electrons. The Morgan fingerprint density at radius 3 is 2.05 bits per heavy atom. The van der Waals surface area contributed by atoms with Crippen LogP contribution in [0.2, 0.25) is 0 Å². The lowest BCUT2D eigenvalue weighted by Crippen LogP contribution is -2.60. The zero-order valence-corrected chi connectivity index (χ0v) is 23.0. The second-order valence-electron chi connectivity index (χ2n) is 10.5. The Morgan fingerprint density at radius 1 is 0.850 bits per heavy atom. The van der Waals surface area contributed by atoms with Gasteiger partial charge in [-0.05, 0) is 30.2 Å². The number of benzene rings is 3. The zero-order chi connectivity index (χ0) is 27.9. The molecule has 5 rings (SSSR count). The Hall–Kier alpha value is -4.01. The van der Waals surface area contributed by atoms with Crippen LogP contribution in [-0.2, 0) is 14.4 Å². The van der Waals surface area contributed by atoms with Gasteiger partial charge in [-0.1, -0.05) is 78.4 Å². The average molecular weight is 540 g/mol. The summed E-state index contributed by atoms with van der Waals surface area (Å²) in [5.41, 5.74) is 4.28. The van der Waals surface area contributed by atoms with Crippen molar-refractivity contribution in [3.63, 3.8) is 0 Å². The lowest BCUT2D eigenvalue weighted by Gasteiger charge is -2.41. The topological polar surface area (TPSA) is 85.0 Å². The van der Waals surface area contributed by atoms with E-state index in [9.17, 15) is 14.4 Å². The maximum Gasteiger partial charge on any atom is 0.243 e. The molecule has 0 aliphatic carbocycles. The molecule has 1 atom stereocenters. The SMILES string of the molecule is Cc1ccc(NC(=O)C[C@H]2C(=O)NCCN2C(=O)CN2CCN(C(c3ccccc3)c3ccccc3)CC2)cc1. The number of carbonyl (C=O) groups excluding carboxylic acids is 3. The normalized spacial score (nSPS) is 18.4. The number of nitrogens with zero attached hydrogens (tertiary/aromatic N) is 3. The highest BCUT2D eigenvalue weighted by Crippen LogP contribution is 2.29. The number of rotatable bonds is 8. The number of amides is 3. The predicted molar refractivity (Wildman–Crippen MR) is 156 cm³/mol. The molecule has 0 bridgehead atoms. The molecule has 8 nitrogen and oxygen atoms in total. The van der Waals surface area contributed by atoms with Gasteiger partial charge in [0.2, 0.25) is 17.7 Å². The van der Waals surface area contributed by atoms with Crippen LogP contribution in [0.5, 0.6) is 0 Å². The van der Waals surface area contributed by atoms with Gasteiger partial charge in [0, 0.05) is 45.0 Å². The molecule has 2 N–H and O–H groups in total. The molecule has 0 spiro atoms. The van der Waals surface area contributed by atoms with Crippen LogP contribution < -0.4 is 10.6 Å². The van der Waals surface area contributed by atoms with E-state index in [1.54, 1.807) is 4.90 Å². The van der Waals surface area contributed by atoms with E-state index in [-0.39, 0.29) is 36.7 Å². The lowest BCUT2D eigenvalue weighted by atomic mass is 9.96. The Bertz CT molecular complexity index is 1250. The van der Waals surface area contributed by atoms with Crippen molar-refractivity contribution >= 4 is 23.4 Å². The lowest BCUT2D eigenvalue weighted by molar-refractivity contribution is -0.145. The fourth-order valence-electron chi connectivity index (χ4n) is 5.59. The standard InChI is InChI=1S/C32H37N5O3/c1-24-12-14-27(15-13-24)34-29(38)22-28-32(40)33-16-17-37(28)30(39)23-35-18-20-36(21-19-35)31(25-8-4-2-5-9-25)26-10-6-3-7-11-26/h2-15,28,31H,16-23H2,1H3,(H,33,40)(H,34,38)/t28-/m0/s1. The molecule has 0 unspecified atom stereocenters. The van der Waals surface area contributed by atoms with Gasteiger partial charge in [-0.15, -0.1) is 0 Å². The summed E-state index contributed by atoms with van der Waals surface area (Å²) in [4.78, 5) is 45.1. The summed E-state index contributed by atoms with van der Waals surface area (Å²) in [6.07, 6.45) is -0.0743. The maximum atomic E-state index is 13.4. The van der Waals surface area contributed by atoms with Gasteiger partial charge in [0.15, 0.2) is 0 Å². The van der Waals surface area contributed by atoms with Gasteiger partial charge in [-0.25, -0.2) is 0 Å². The van der Waals surface area contributed by atoms with E-state index in [1.165, 1.54) is 11.1 Å². The van der Waals surface area contributed by atoms with Crippen molar-refractivity contribution in [2.24, 2.45) is 0 Å². The molecule has 3 amide bonds. The van der Waals surface area contributed by atoms with Crippen LogP contribution in [0, 0.1) is 6.92 Å². The number of nitrogens with one attached hydrogen (secondary N) is 2. The molecular weight excluding hydrogens is 502 g/mol. The van der Waals surface area contributed by atoms with Gasteiger partial charge in [-0.2, -0.15) is 0 Å². The van der Waals surface area contributed by atoms with Crippen LogP contribution in [0.15, 0.2) is 84.9 Å². The molecule has 0 radical (unpaired) electrons. The third kappa shape index (κ3) is 6.76. The summed E-state index contributed by atoms with van der Waals surface area (Å²) in [6, 6.07) is 27.9. The van der Waals surface area contributed by atoms with Crippen LogP contribution >= 0.6 is 0 Å². The number of piperazine rings is 2. The van der Waals surface area contributed by atoms with Crippen LogP contribution in [0.1, 0.15) is 29.2 Å². The molecular formula is C32H37N5O3. The second kappa shape index (κ2) is 12.9. The van der Waals surface area contributed by atoms with Crippen LogP contribution in [0.25, 0.3) is 0 Å². The van der Waals surface area contributed by atoms with Crippen LogP contribution in [-0.4, -0.2) is 84.3 Å². The van der Waals surface area contributed by atoms with Crippen LogP contribution in [0.3, 0.4) is 0 Å². The highest BCUT2D eigenvalue weighted by atomic mass is 16.2. The summed E-state index contributed by atoms with van der Waals surface area (Å²) in [5.74, 6) is -0.679. The number of anilines is 1. The maximum absolute atomic E-state index is 13.4. The Labute approximate surface area is 236 Å². The Kier molecular flexibility index (Phi) is 8.88. The highest BCUT2D eigenvalue weighted by Gasteiger charge is 2.36. The molecule has 2 fully saturated rings. The van der Waals surface area contributed by atoms with E-state index < -0.39 is 6.04 Å². The largest absolute Gasteiger partial charge is 0.353 e. The first kappa shape index (κ1) is 27.6. The molecule has 2 heterocycles. The van der Waals surface area contributed by atoms with Gasteiger partial charge < -0.3 is 15.5 Å². The van der Waals surface area contributed by atoms with Crippen LogP contribution in [0.4, 0.5) is 5.69 Å². The van der Waals surface area contributed by atoms with E-state index in [2.05, 4.69) is 69.0 Å². The minimum atomic E-state index is -0.812. The summed E-state index contributed by atoms with van der Waals surface area (Å²) in [6.45, 7) is 6.16. The smallest absolute Gasteiger partial charge is 0.243 e. The van der Waals surface area contributed by atoms with E-state index >= 15 is 0 Å². The molecule has 3 aromatic rings. The third-order valence-electron chi connectivity index (χ3n) is 7.73. The molecule has 2 aliphatic rings. The average Bonchev–Trinajstić information content (AvgIpc) is 2.97. The van der Waals surface area contributed by atoms with Crippen molar-refractivity contribution < 1.29 is 14.4 Å². The van der Waals surface area contributed by atoms with Gasteiger partial charge in [0.25, 0.3) is 0 Å². The van der Waals surface area contributed by atoms with Crippen molar-refractivity contribution in [3.8, 4) is 0 Å². The first-order valence-corrected chi connectivity index (χ1v) is 14.0. The minimum Gasteiger partial charge on any atom is -0.353 e. The van der Waals surface area contributed by atoms with E-state index in [0.29, 0.717) is 18.8 Å².